The Balaban J connectivity index is 1.65. The Morgan fingerprint density at radius 3 is 1.95 bits per heavy atom. The molecule has 106 valence electrons. The Hall–Kier alpha value is -1.06. The maximum absolute atomic E-state index is 12.5. The smallest absolute Gasteiger partial charge is 0.241 e. The van der Waals surface area contributed by atoms with E-state index in [2.05, 4.69) is 5.32 Å². The normalized spacial score (nSPS) is 39.2. The van der Waals surface area contributed by atoms with Crippen molar-refractivity contribution < 1.29 is 9.59 Å². The van der Waals surface area contributed by atoms with Crippen LogP contribution in [0.15, 0.2) is 0 Å². The molecule has 0 aromatic rings. The number of rotatable bonds is 3. The third-order valence-electron chi connectivity index (χ3n) is 5.42. The van der Waals surface area contributed by atoms with Crippen molar-refractivity contribution in [1.29, 1.82) is 0 Å². The second-order valence-electron chi connectivity index (χ2n) is 7.17. The van der Waals surface area contributed by atoms with E-state index in [1.165, 1.54) is 24.2 Å². The highest BCUT2D eigenvalue weighted by Gasteiger charge is 2.54. The Kier molecular flexibility index (Phi) is 3.06. The van der Waals surface area contributed by atoms with Crippen LogP contribution < -0.4 is 5.32 Å². The molecule has 19 heavy (non-hydrogen) atoms. The summed E-state index contributed by atoms with van der Waals surface area (Å²) in [5, 5.41) is 2.89. The summed E-state index contributed by atoms with van der Waals surface area (Å²) in [7, 11) is 3.44. The Labute approximate surface area is 114 Å². The van der Waals surface area contributed by atoms with Gasteiger partial charge in [-0.05, 0) is 56.3 Å². The van der Waals surface area contributed by atoms with Gasteiger partial charge in [0.2, 0.25) is 11.8 Å². The standard InChI is InChI=1S/C15H24N2O2/c1-17(2)13(18)9-16-14(19)15-6-10-3-11(7-15)5-12(4-10)8-15/h10-12H,3-9H2,1-2H3,(H,16,19). The van der Waals surface area contributed by atoms with Crippen molar-refractivity contribution in [1.82, 2.24) is 10.2 Å². The minimum Gasteiger partial charge on any atom is -0.347 e. The summed E-state index contributed by atoms with van der Waals surface area (Å²) in [6.45, 7) is 0.146. The number of nitrogens with one attached hydrogen (secondary N) is 1. The number of hydrogen-bond donors (Lipinski definition) is 1. The molecule has 4 bridgehead atoms. The topological polar surface area (TPSA) is 49.4 Å². The number of nitrogens with zero attached hydrogens (tertiary/aromatic N) is 1. The predicted octanol–water partition coefficient (Wildman–Crippen LogP) is 1.41. The van der Waals surface area contributed by atoms with Crippen LogP contribution in [0.3, 0.4) is 0 Å². The lowest BCUT2D eigenvalue weighted by molar-refractivity contribution is -0.147. The first-order chi connectivity index (χ1) is 8.98. The van der Waals surface area contributed by atoms with Crippen LogP contribution in [0.5, 0.6) is 0 Å². The number of likely N-dealkylation sites (N-methyl/N-ethyl adjacent to an activating group) is 1. The first kappa shape index (κ1) is 12.9. The fourth-order valence-electron chi connectivity index (χ4n) is 4.89. The van der Waals surface area contributed by atoms with E-state index < -0.39 is 0 Å². The Morgan fingerprint density at radius 2 is 1.53 bits per heavy atom. The lowest BCUT2D eigenvalue weighted by Gasteiger charge is -2.55. The van der Waals surface area contributed by atoms with Gasteiger partial charge in [-0.1, -0.05) is 0 Å². The van der Waals surface area contributed by atoms with Crippen molar-refractivity contribution in [2.75, 3.05) is 20.6 Å². The molecule has 0 radical (unpaired) electrons. The number of amides is 2. The molecule has 4 aliphatic rings. The first-order valence-corrected chi connectivity index (χ1v) is 7.47. The predicted molar refractivity (Wildman–Crippen MR) is 72.3 cm³/mol. The molecule has 0 spiro atoms. The lowest BCUT2D eigenvalue weighted by atomic mass is 9.49. The van der Waals surface area contributed by atoms with E-state index >= 15 is 0 Å². The van der Waals surface area contributed by atoms with Gasteiger partial charge in [0.05, 0.1) is 6.54 Å². The monoisotopic (exact) mass is 264 g/mol. The van der Waals surface area contributed by atoms with Gasteiger partial charge in [0.25, 0.3) is 0 Å². The molecule has 0 aliphatic heterocycles. The molecule has 0 heterocycles. The van der Waals surface area contributed by atoms with Gasteiger partial charge in [-0.2, -0.15) is 0 Å². The van der Waals surface area contributed by atoms with Crippen LogP contribution in [-0.2, 0) is 9.59 Å². The van der Waals surface area contributed by atoms with Gasteiger partial charge in [0.1, 0.15) is 0 Å². The molecule has 0 unspecified atom stereocenters. The molecule has 4 saturated carbocycles. The zero-order valence-corrected chi connectivity index (χ0v) is 11.9. The minimum atomic E-state index is -0.138. The van der Waals surface area contributed by atoms with Gasteiger partial charge >= 0.3 is 0 Å². The molecule has 0 aromatic heterocycles. The van der Waals surface area contributed by atoms with Crippen LogP contribution in [0, 0.1) is 23.2 Å². The molecule has 4 aliphatic carbocycles. The SMILES string of the molecule is CN(C)C(=O)CNC(=O)C12CC3CC(CC(C3)C1)C2. The second kappa shape index (κ2) is 4.50. The van der Waals surface area contributed by atoms with E-state index in [4.69, 9.17) is 0 Å². The zero-order valence-electron chi connectivity index (χ0n) is 11.9. The lowest BCUT2D eigenvalue weighted by Crippen LogP contribution is -2.54. The molecule has 0 aromatic carbocycles. The largest absolute Gasteiger partial charge is 0.347 e. The molecular formula is C15H24N2O2. The van der Waals surface area contributed by atoms with Crippen LogP contribution in [-0.4, -0.2) is 37.4 Å². The van der Waals surface area contributed by atoms with Gasteiger partial charge < -0.3 is 10.2 Å². The summed E-state index contributed by atoms with van der Waals surface area (Å²) >= 11 is 0. The van der Waals surface area contributed by atoms with Gasteiger partial charge in [-0.3, -0.25) is 9.59 Å². The molecule has 0 saturated heterocycles. The first-order valence-electron chi connectivity index (χ1n) is 7.47. The quantitative estimate of drug-likeness (QED) is 0.838. The van der Waals surface area contributed by atoms with Crippen molar-refractivity contribution in [3.05, 3.63) is 0 Å². The fraction of sp³-hybridized carbons (Fsp3) is 0.867. The van der Waals surface area contributed by atoms with Gasteiger partial charge in [-0.25, -0.2) is 0 Å². The number of carbonyl (C=O) groups is 2. The van der Waals surface area contributed by atoms with Crippen LogP contribution in [0.4, 0.5) is 0 Å². The van der Waals surface area contributed by atoms with Gasteiger partial charge in [-0.15, -0.1) is 0 Å². The molecule has 1 N–H and O–H groups in total. The fourth-order valence-corrected chi connectivity index (χ4v) is 4.89. The van der Waals surface area contributed by atoms with E-state index in [1.807, 2.05) is 0 Å². The molecular weight excluding hydrogens is 240 g/mol. The maximum atomic E-state index is 12.5. The Morgan fingerprint density at radius 1 is 1.05 bits per heavy atom. The van der Waals surface area contributed by atoms with Crippen molar-refractivity contribution in [2.45, 2.75) is 38.5 Å². The average molecular weight is 264 g/mol. The highest BCUT2D eigenvalue weighted by atomic mass is 16.2. The van der Waals surface area contributed by atoms with Crippen LogP contribution >= 0.6 is 0 Å². The van der Waals surface area contributed by atoms with Crippen LogP contribution in [0.2, 0.25) is 0 Å². The summed E-state index contributed by atoms with van der Waals surface area (Å²) in [6, 6.07) is 0. The third-order valence-corrected chi connectivity index (χ3v) is 5.42. The molecule has 4 nitrogen and oxygen atoms in total. The van der Waals surface area contributed by atoms with Gasteiger partial charge in [0, 0.05) is 19.5 Å². The van der Waals surface area contributed by atoms with Crippen LogP contribution in [0.1, 0.15) is 38.5 Å². The summed E-state index contributed by atoms with van der Waals surface area (Å²) < 4.78 is 0. The highest BCUT2D eigenvalue weighted by Crippen LogP contribution is 2.60. The Bertz CT molecular complexity index is 368. The van der Waals surface area contributed by atoms with E-state index in [1.54, 1.807) is 14.1 Å². The van der Waals surface area contributed by atoms with Crippen molar-refractivity contribution >= 4 is 11.8 Å². The van der Waals surface area contributed by atoms with E-state index in [-0.39, 0.29) is 23.8 Å². The summed E-state index contributed by atoms with van der Waals surface area (Å²) in [5.41, 5.74) is -0.138. The summed E-state index contributed by atoms with van der Waals surface area (Å²) in [4.78, 5) is 25.7. The van der Waals surface area contributed by atoms with Crippen molar-refractivity contribution in [3.8, 4) is 0 Å². The third kappa shape index (κ3) is 2.26. The molecule has 0 atom stereocenters. The number of carbonyl (C=O) groups excluding carboxylic acids is 2. The summed E-state index contributed by atoms with van der Waals surface area (Å²) in [5.74, 6) is 2.41. The van der Waals surface area contributed by atoms with Gasteiger partial charge in [0.15, 0.2) is 0 Å². The van der Waals surface area contributed by atoms with E-state index in [0.717, 1.165) is 37.0 Å². The van der Waals surface area contributed by atoms with Crippen LogP contribution in [0.25, 0.3) is 0 Å². The van der Waals surface area contributed by atoms with Crippen molar-refractivity contribution in [3.63, 3.8) is 0 Å². The molecule has 4 heteroatoms. The molecule has 4 rings (SSSR count). The molecule has 4 fully saturated rings. The summed E-state index contributed by atoms with van der Waals surface area (Å²) in [6.07, 6.45) is 7.18. The second-order valence-corrected chi connectivity index (χ2v) is 7.17. The average Bonchev–Trinajstić information content (AvgIpc) is 2.33. The highest BCUT2D eigenvalue weighted by molar-refractivity contribution is 5.88. The van der Waals surface area contributed by atoms with E-state index in [9.17, 15) is 9.59 Å². The van der Waals surface area contributed by atoms with Crippen molar-refractivity contribution in [2.24, 2.45) is 23.2 Å². The maximum Gasteiger partial charge on any atom is 0.241 e. The zero-order chi connectivity index (χ0) is 13.6. The number of hydrogen-bond acceptors (Lipinski definition) is 2. The molecule has 2 amide bonds. The van der Waals surface area contributed by atoms with E-state index in [0.29, 0.717) is 0 Å². The minimum absolute atomic E-state index is 0.0296.